The van der Waals surface area contributed by atoms with Crippen LogP contribution in [0.1, 0.15) is 32.6 Å². The van der Waals surface area contributed by atoms with Gasteiger partial charge in [-0.3, -0.25) is 10.1 Å². The van der Waals surface area contributed by atoms with E-state index in [0.717, 1.165) is 16.9 Å². The van der Waals surface area contributed by atoms with Crippen LogP contribution >= 0.6 is 15.9 Å². The predicted molar refractivity (Wildman–Crippen MR) is 80.4 cm³/mol. The van der Waals surface area contributed by atoms with Gasteiger partial charge in [0.05, 0.1) is 4.92 Å². The summed E-state index contributed by atoms with van der Waals surface area (Å²) in [5.74, 6) is 1.46. The highest BCUT2D eigenvalue weighted by molar-refractivity contribution is 9.10. The zero-order chi connectivity index (χ0) is 13.8. The highest BCUT2D eigenvalue weighted by Gasteiger charge is 2.19. The van der Waals surface area contributed by atoms with E-state index in [1.165, 1.54) is 31.7 Å². The molecule has 0 spiro atoms. The van der Waals surface area contributed by atoms with E-state index in [1.54, 1.807) is 12.1 Å². The van der Waals surface area contributed by atoms with Gasteiger partial charge in [0.15, 0.2) is 0 Å². The van der Waals surface area contributed by atoms with E-state index in [9.17, 15) is 10.1 Å². The molecule has 1 saturated carbocycles. The molecule has 0 atom stereocenters. The Balaban J connectivity index is 1.98. The Kier molecular flexibility index (Phi) is 4.80. The Hall–Kier alpha value is -1.10. The van der Waals surface area contributed by atoms with Crippen LogP contribution in [0.15, 0.2) is 22.7 Å². The van der Waals surface area contributed by atoms with Crippen molar-refractivity contribution in [2.24, 2.45) is 11.8 Å². The number of nitrogens with one attached hydrogen (secondary N) is 1. The van der Waals surface area contributed by atoms with E-state index in [0.29, 0.717) is 11.6 Å². The maximum absolute atomic E-state index is 11.0. The van der Waals surface area contributed by atoms with Crippen molar-refractivity contribution in [1.29, 1.82) is 0 Å². The molecule has 1 aromatic rings. The second-order valence-corrected chi connectivity index (χ2v) is 6.34. The summed E-state index contributed by atoms with van der Waals surface area (Å²) in [6.07, 6.45) is 4.98. The van der Waals surface area contributed by atoms with Crippen molar-refractivity contribution < 1.29 is 4.92 Å². The number of hydrogen-bond donors (Lipinski definition) is 1. The van der Waals surface area contributed by atoms with Crippen LogP contribution in [-0.4, -0.2) is 11.5 Å². The molecule has 5 heteroatoms. The second-order valence-electron chi connectivity index (χ2n) is 5.43. The first-order valence-electron chi connectivity index (χ1n) is 6.74. The van der Waals surface area contributed by atoms with Gasteiger partial charge >= 0.3 is 0 Å². The molecule has 1 aromatic carbocycles. The maximum atomic E-state index is 11.0. The number of halogens is 1. The molecule has 0 radical (unpaired) electrons. The van der Waals surface area contributed by atoms with E-state index >= 15 is 0 Å². The molecule has 4 nitrogen and oxygen atoms in total. The summed E-state index contributed by atoms with van der Waals surface area (Å²) >= 11 is 3.36. The SMILES string of the molecule is CC1CCC(CNc2cc(Br)ccc2[N+](=O)[O-])CC1. The summed E-state index contributed by atoms with van der Waals surface area (Å²) in [5.41, 5.74) is 0.755. The van der Waals surface area contributed by atoms with Crippen molar-refractivity contribution in [2.75, 3.05) is 11.9 Å². The van der Waals surface area contributed by atoms with E-state index in [4.69, 9.17) is 0 Å². The lowest BCUT2D eigenvalue weighted by molar-refractivity contribution is -0.384. The van der Waals surface area contributed by atoms with Gasteiger partial charge in [0.1, 0.15) is 5.69 Å². The van der Waals surface area contributed by atoms with Gasteiger partial charge in [-0.15, -0.1) is 0 Å². The molecule has 0 unspecified atom stereocenters. The van der Waals surface area contributed by atoms with E-state index in [2.05, 4.69) is 28.2 Å². The van der Waals surface area contributed by atoms with Crippen molar-refractivity contribution >= 4 is 27.3 Å². The summed E-state index contributed by atoms with van der Waals surface area (Å²) in [5, 5.41) is 14.2. The third-order valence-corrected chi connectivity index (χ3v) is 4.37. The highest BCUT2D eigenvalue weighted by atomic mass is 79.9. The molecular weight excluding hydrogens is 308 g/mol. The van der Waals surface area contributed by atoms with Crippen LogP contribution in [-0.2, 0) is 0 Å². The average Bonchev–Trinajstić information content (AvgIpc) is 2.38. The summed E-state index contributed by atoms with van der Waals surface area (Å²) in [7, 11) is 0. The maximum Gasteiger partial charge on any atom is 0.292 e. The Morgan fingerprint density at radius 3 is 2.68 bits per heavy atom. The lowest BCUT2D eigenvalue weighted by Gasteiger charge is -2.26. The zero-order valence-electron chi connectivity index (χ0n) is 11.1. The van der Waals surface area contributed by atoms with Gasteiger partial charge in [0.2, 0.25) is 0 Å². The van der Waals surface area contributed by atoms with Crippen molar-refractivity contribution in [3.63, 3.8) is 0 Å². The van der Waals surface area contributed by atoms with Gasteiger partial charge in [-0.2, -0.15) is 0 Å². The summed E-state index contributed by atoms with van der Waals surface area (Å²) in [4.78, 5) is 10.6. The van der Waals surface area contributed by atoms with Crippen LogP contribution < -0.4 is 5.32 Å². The summed E-state index contributed by atoms with van der Waals surface area (Å²) in [6.45, 7) is 3.12. The van der Waals surface area contributed by atoms with Crippen molar-refractivity contribution in [2.45, 2.75) is 32.6 Å². The fraction of sp³-hybridized carbons (Fsp3) is 0.571. The highest BCUT2D eigenvalue weighted by Crippen LogP contribution is 2.31. The van der Waals surface area contributed by atoms with Crippen molar-refractivity contribution in [1.82, 2.24) is 0 Å². The Morgan fingerprint density at radius 1 is 1.37 bits per heavy atom. The van der Waals surface area contributed by atoms with Gasteiger partial charge < -0.3 is 5.32 Å². The fourth-order valence-corrected chi connectivity index (χ4v) is 2.96. The molecule has 0 aromatic heterocycles. The largest absolute Gasteiger partial charge is 0.379 e. The number of rotatable bonds is 4. The molecule has 0 heterocycles. The van der Waals surface area contributed by atoms with Gasteiger partial charge in [-0.25, -0.2) is 0 Å². The second kappa shape index (κ2) is 6.37. The fourth-order valence-electron chi connectivity index (χ4n) is 2.60. The number of anilines is 1. The normalized spacial score (nSPS) is 23.1. The van der Waals surface area contributed by atoms with E-state index in [1.807, 2.05) is 0 Å². The topological polar surface area (TPSA) is 55.2 Å². The summed E-state index contributed by atoms with van der Waals surface area (Å²) < 4.78 is 0.859. The first-order chi connectivity index (χ1) is 9.06. The standard InChI is InChI=1S/C14H19BrN2O2/c1-10-2-4-11(5-3-10)9-16-13-8-12(15)6-7-14(13)17(18)19/h6-8,10-11,16H,2-5,9H2,1H3. The molecule has 104 valence electrons. The zero-order valence-corrected chi connectivity index (χ0v) is 12.6. The molecular formula is C14H19BrN2O2. The van der Waals surface area contributed by atoms with Crippen LogP contribution in [0.3, 0.4) is 0 Å². The van der Waals surface area contributed by atoms with Crippen LogP contribution in [0.4, 0.5) is 11.4 Å². The van der Waals surface area contributed by atoms with E-state index < -0.39 is 0 Å². The van der Waals surface area contributed by atoms with Gasteiger partial charge in [-0.05, 0) is 36.8 Å². The minimum Gasteiger partial charge on any atom is -0.379 e. The van der Waals surface area contributed by atoms with Crippen LogP contribution in [0.2, 0.25) is 0 Å². The number of nitro groups is 1. The van der Waals surface area contributed by atoms with Crippen LogP contribution in [0.25, 0.3) is 0 Å². The number of nitro benzene ring substituents is 1. The molecule has 0 aliphatic heterocycles. The third-order valence-electron chi connectivity index (χ3n) is 3.87. The molecule has 2 rings (SSSR count). The minimum atomic E-state index is -0.336. The first-order valence-corrected chi connectivity index (χ1v) is 7.53. The molecule has 19 heavy (non-hydrogen) atoms. The first kappa shape index (κ1) is 14.3. The molecule has 1 N–H and O–H groups in total. The Morgan fingerprint density at radius 2 is 2.05 bits per heavy atom. The van der Waals surface area contributed by atoms with Crippen molar-refractivity contribution in [3.05, 3.63) is 32.8 Å². The lowest BCUT2D eigenvalue weighted by atomic mass is 9.83. The van der Waals surface area contributed by atoms with Gasteiger partial charge in [-0.1, -0.05) is 35.7 Å². The van der Waals surface area contributed by atoms with Gasteiger partial charge in [0, 0.05) is 17.1 Å². The van der Waals surface area contributed by atoms with Crippen LogP contribution in [0, 0.1) is 22.0 Å². The molecule has 0 bridgehead atoms. The number of hydrogen-bond acceptors (Lipinski definition) is 3. The average molecular weight is 327 g/mol. The number of nitrogens with zero attached hydrogens (tertiary/aromatic N) is 1. The van der Waals surface area contributed by atoms with Crippen LogP contribution in [0.5, 0.6) is 0 Å². The smallest absolute Gasteiger partial charge is 0.292 e. The van der Waals surface area contributed by atoms with Gasteiger partial charge in [0.25, 0.3) is 5.69 Å². The monoisotopic (exact) mass is 326 g/mol. The molecule has 1 aliphatic carbocycles. The predicted octanol–water partition coefficient (Wildman–Crippen LogP) is 4.60. The molecule has 1 fully saturated rings. The Labute approximate surface area is 121 Å². The molecule has 0 amide bonds. The van der Waals surface area contributed by atoms with E-state index in [-0.39, 0.29) is 10.6 Å². The lowest BCUT2D eigenvalue weighted by Crippen LogP contribution is -2.20. The molecule has 1 aliphatic rings. The third kappa shape index (κ3) is 3.93. The minimum absolute atomic E-state index is 0.146. The Bertz CT molecular complexity index is 457. The number of benzene rings is 1. The van der Waals surface area contributed by atoms with Crippen molar-refractivity contribution in [3.8, 4) is 0 Å². The quantitative estimate of drug-likeness (QED) is 0.650. The summed E-state index contributed by atoms with van der Waals surface area (Å²) in [6, 6.07) is 5.02. The molecule has 0 saturated heterocycles.